The lowest BCUT2D eigenvalue weighted by atomic mass is 10.1. The number of rotatable bonds is 4. The van der Waals surface area contributed by atoms with Gasteiger partial charge in [-0.3, -0.25) is 4.99 Å². The fourth-order valence-electron chi connectivity index (χ4n) is 1.91. The molecule has 0 spiro atoms. The summed E-state index contributed by atoms with van der Waals surface area (Å²) in [5.74, 6) is 0.791. The number of nitrogens with one attached hydrogen (secondary N) is 1. The summed E-state index contributed by atoms with van der Waals surface area (Å²) >= 11 is 1.52. The van der Waals surface area contributed by atoms with Gasteiger partial charge in [-0.15, -0.1) is 0 Å². The maximum absolute atomic E-state index is 4.59. The number of hydrogen-bond acceptors (Lipinski definition) is 5. The van der Waals surface area contributed by atoms with E-state index in [1.54, 1.807) is 6.20 Å². The molecule has 0 unspecified atom stereocenters. The molecule has 104 valence electrons. The van der Waals surface area contributed by atoms with Crippen LogP contribution in [0.3, 0.4) is 0 Å². The molecule has 0 bridgehead atoms. The van der Waals surface area contributed by atoms with Crippen LogP contribution >= 0.6 is 11.8 Å². The van der Waals surface area contributed by atoms with Gasteiger partial charge in [-0.25, -0.2) is 9.97 Å². The van der Waals surface area contributed by atoms with E-state index in [4.69, 9.17) is 0 Å². The summed E-state index contributed by atoms with van der Waals surface area (Å²) in [6.07, 6.45) is 5.56. The molecule has 1 heterocycles. The van der Waals surface area contributed by atoms with Gasteiger partial charge in [0.1, 0.15) is 5.82 Å². The van der Waals surface area contributed by atoms with Crippen LogP contribution in [0.1, 0.15) is 16.7 Å². The van der Waals surface area contributed by atoms with Crippen LogP contribution in [0.2, 0.25) is 0 Å². The van der Waals surface area contributed by atoms with E-state index in [9.17, 15) is 0 Å². The SMILES string of the molecule is CNc1nc(SC)ncc1/C=N/c1c(C)cccc1C. The van der Waals surface area contributed by atoms with Crippen molar-refractivity contribution >= 4 is 29.5 Å². The van der Waals surface area contributed by atoms with Crippen LogP contribution in [-0.2, 0) is 0 Å². The minimum atomic E-state index is 0.749. The molecule has 0 radical (unpaired) electrons. The number of benzene rings is 1. The third-order valence-electron chi connectivity index (χ3n) is 2.99. The molecule has 4 nitrogen and oxygen atoms in total. The molecular weight excluding hydrogens is 268 g/mol. The largest absolute Gasteiger partial charge is 0.372 e. The average molecular weight is 286 g/mol. The second-order valence-corrected chi connectivity index (χ2v) is 5.18. The zero-order valence-corrected chi connectivity index (χ0v) is 13.0. The number of para-hydroxylation sites is 1. The molecule has 0 fully saturated rings. The highest BCUT2D eigenvalue weighted by Gasteiger charge is 2.04. The predicted octanol–water partition coefficient (Wildman–Crippen LogP) is 3.61. The summed E-state index contributed by atoms with van der Waals surface area (Å²) < 4.78 is 0. The Morgan fingerprint density at radius 3 is 2.55 bits per heavy atom. The van der Waals surface area contributed by atoms with E-state index in [0.29, 0.717) is 0 Å². The molecule has 0 aliphatic carbocycles. The zero-order chi connectivity index (χ0) is 14.5. The number of aliphatic imine (C=N–C) groups is 1. The first kappa shape index (κ1) is 14.5. The van der Waals surface area contributed by atoms with Crippen molar-refractivity contribution in [3.8, 4) is 0 Å². The summed E-state index contributed by atoms with van der Waals surface area (Å²) in [4.78, 5) is 13.3. The third kappa shape index (κ3) is 3.17. The fourth-order valence-corrected chi connectivity index (χ4v) is 2.25. The average Bonchev–Trinajstić information content (AvgIpc) is 2.46. The van der Waals surface area contributed by atoms with Gasteiger partial charge >= 0.3 is 0 Å². The van der Waals surface area contributed by atoms with E-state index in [1.807, 2.05) is 25.6 Å². The smallest absolute Gasteiger partial charge is 0.189 e. The highest BCUT2D eigenvalue weighted by atomic mass is 32.2. The molecule has 2 aromatic rings. The number of nitrogens with zero attached hydrogens (tertiary/aromatic N) is 3. The van der Waals surface area contributed by atoms with Crippen LogP contribution in [0.5, 0.6) is 0 Å². The Morgan fingerprint density at radius 2 is 1.95 bits per heavy atom. The van der Waals surface area contributed by atoms with Crippen molar-refractivity contribution < 1.29 is 0 Å². The number of thioether (sulfide) groups is 1. The molecule has 20 heavy (non-hydrogen) atoms. The Labute approximate surface area is 123 Å². The van der Waals surface area contributed by atoms with Gasteiger partial charge in [0.2, 0.25) is 0 Å². The summed E-state index contributed by atoms with van der Waals surface area (Å²) in [6.45, 7) is 4.12. The van der Waals surface area contributed by atoms with Crippen molar-refractivity contribution in [1.29, 1.82) is 0 Å². The summed E-state index contributed by atoms with van der Waals surface area (Å²) in [7, 11) is 1.85. The van der Waals surface area contributed by atoms with Gasteiger partial charge in [0.05, 0.1) is 11.3 Å². The molecule has 0 saturated carbocycles. The lowest BCUT2D eigenvalue weighted by Crippen LogP contribution is -2.00. The van der Waals surface area contributed by atoms with Crippen LogP contribution in [0.15, 0.2) is 34.5 Å². The Hall–Kier alpha value is -1.88. The normalized spacial score (nSPS) is 11.0. The summed E-state index contributed by atoms with van der Waals surface area (Å²) in [6, 6.07) is 6.16. The van der Waals surface area contributed by atoms with Gasteiger partial charge in [0, 0.05) is 19.5 Å². The minimum absolute atomic E-state index is 0.749. The first-order chi connectivity index (χ1) is 9.65. The lowest BCUT2D eigenvalue weighted by Gasteiger charge is -2.06. The second-order valence-electron chi connectivity index (χ2n) is 4.41. The standard InChI is InChI=1S/C15H18N4S/c1-10-6-5-7-11(2)13(10)17-8-12-9-18-15(20-4)19-14(12)16-3/h5-9H,1-4H3,(H,16,18,19)/b17-8+. The minimum Gasteiger partial charge on any atom is -0.372 e. The maximum atomic E-state index is 4.59. The number of aryl methyl sites for hydroxylation is 2. The molecular formula is C15H18N4S. The molecule has 0 aliphatic heterocycles. The van der Waals surface area contributed by atoms with Crippen molar-refractivity contribution in [2.75, 3.05) is 18.6 Å². The third-order valence-corrected chi connectivity index (χ3v) is 3.55. The maximum Gasteiger partial charge on any atom is 0.189 e. The van der Waals surface area contributed by atoms with E-state index in [1.165, 1.54) is 11.8 Å². The first-order valence-electron chi connectivity index (χ1n) is 6.34. The van der Waals surface area contributed by atoms with E-state index in [-0.39, 0.29) is 0 Å². The van der Waals surface area contributed by atoms with Crippen LogP contribution in [-0.4, -0.2) is 29.5 Å². The van der Waals surface area contributed by atoms with Crippen LogP contribution in [0.25, 0.3) is 0 Å². The van der Waals surface area contributed by atoms with Crippen molar-refractivity contribution in [3.63, 3.8) is 0 Å². The summed E-state index contributed by atoms with van der Waals surface area (Å²) in [5.41, 5.74) is 4.21. The second kappa shape index (κ2) is 6.52. The molecule has 1 N–H and O–H groups in total. The van der Waals surface area contributed by atoms with Crippen molar-refractivity contribution in [2.24, 2.45) is 4.99 Å². The number of aromatic nitrogens is 2. The quantitative estimate of drug-likeness (QED) is 0.530. The van der Waals surface area contributed by atoms with Crippen LogP contribution < -0.4 is 5.32 Å². The van der Waals surface area contributed by atoms with Gasteiger partial charge in [-0.05, 0) is 31.2 Å². The highest BCUT2D eigenvalue weighted by molar-refractivity contribution is 7.98. The first-order valence-corrected chi connectivity index (χ1v) is 7.57. The molecule has 0 amide bonds. The molecule has 0 aliphatic rings. The number of hydrogen-bond donors (Lipinski definition) is 1. The van der Waals surface area contributed by atoms with Crippen molar-refractivity contribution in [1.82, 2.24) is 9.97 Å². The molecule has 0 atom stereocenters. The van der Waals surface area contributed by atoms with Crippen LogP contribution in [0.4, 0.5) is 11.5 Å². The molecule has 1 aromatic carbocycles. The van der Waals surface area contributed by atoms with E-state index >= 15 is 0 Å². The van der Waals surface area contributed by atoms with Gasteiger partial charge < -0.3 is 5.32 Å². The van der Waals surface area contributed by atoms with Crippen molar-refractivity contribution in [2.45, 2.75) is 19.0 Å². The van der Waals surface area contributed by atoms with E-state index in [0.717, 1.165) is 33.4 Å². The predicted molar refractivity (Wildman–Crippen MR) is 86.5 cm³/mol. The van der Waals surface area contributed by atoms with Gasteiger partial charge in [0.15, 0.2) is 5.16 Å². The Morgan fingerprint density at radius 1 is 1.25 bits per heavy atom. The Kier molecular flexibility index (Phi) is 4.74. The molecule has 2 rings (SSSR count). The fraction of sp³-hybridized carbons (Fsp3) is 0.267. The van der Waals surface area contributed by atoms with Crippen LogP contribution in [0, 0.1) is 13.8 Å². The van der Waals surface area contributed by atoms with Crippen molar-refractivity contribution in [3.05, 3.63) is 41.1 Å². The Balaban J connectivity index is 2.36. The van der Waals surface area contributed by atoms with E-state index < -0.39 is 0 Å². The van der Waals surface area contributed by atoms with Gasteiger partial charge in [0.25, 0.3) is 0 Å². The Bertz CT molecular complexity index is 618. The van der Waals surface area contributed by atoms with E-state index in [2.05, 4.69) is 46.3 Å². The zero-order valence-electron chi connectivity index (χ0n) is 12.1. The lowest BCUT2D eigenvalue weighted by molar-refractivity contribution is 0.969. The molecule has 0 saturated heterocycles. The molecule has 1 aromatic heterocycles. The monoisotopic (exact) mass is 286 g/mol. The highest BCUT2D eigenvalue weighted by Crippen LogP contribution is 2.23. The number of anilines is 1. The van der Waals surface area contributed by atoms with Gasteiger partial charge in [-0.1, -0.05) is 30.0 Å². The van der Waals surface area contributed by atoms with Gasteiger partial charge in [-0.2, -0.15) is 0 Å². The topological polar surface area (TPSA) is 50.2 Å². The summed E-state index contributed by atoms with van der Waals surface area (Å²) in [5, 5.41) is 3.83. The molecule has 5 heteroatoms.